The second kappa shape index (κ2) is 13.8. The molecule has 0 spiro atoms. The van der Waals surface area contributed by atoms with Crippen LogP contribution in [-0.2, 0) is 22.6 Å². The topological polar surface area (TPSA) is 128 Å². The lowest BCUT2D eigenvalue weighted by atomic mass is 10.0. The predicted octanol–water partition coefficient (Wildman–Crippen LogP) is 4.30. The molecule has 2 aromatic heterocycles. The summed E-state index contributed by atoms with van der Waals surface area (Å²) in [6.07, 6.45) is 0.688. The van der Waals surface area contributed by atoms with Crippen LogP contribution in [-0.4, -0.2) is 70.1 Å². The van der Waals surface area contributed by atoms with Gasteiger partial charge < -0.3 is 29.8 Å². The zero-order valence-corrected chi connectivity index (χ0v) is 23.9. The second-order valence-electron chi connectivity index (χ2n) is 10.5. The van der Waals surface area contributed by atoms with Crippen LogP contribution < -0.4 is 10.9 Å². The Morgan fingerprint density at radius 2 is 1.95 bits per heavy atom. The SMILES string of the molecule is [2H]C([2H])(C/C=C/C(=O)N(C)C)C(CN(C)C(=O)O)C(=O)Nc1cccn(Cc2cc3cc(F)cc(CC(C)C)c3[nH]2)c1=O. The third-order valence-electron chi connectivity index (χ3n) is 6.36. The van der Waals surface area contributed by atoms with Gasteiger partial charge in [0.05, 0.1) is 12.5 Å². The molecule has 3 aromatic rings. The third kappa shape index (κ3) is 8.54. The quantitative estimate of drug-likeness (QED) is 0.280. The van der Waals surface area contributed by atoms with Crippen molar-refractivity contribution in [1.29, 1.82) is 0 Å². The van der Waals surface area contributed by atoms with E-state index in [1.807, 2.05) is 13.8 Å². The summed E-state index contributed by atoms with van der Waals surface area (Å²) in [5.74, 6) is -2.82. The van der Waals surface area contributed by atoms with E-state index in [9.17, 15) is 28.7 Å². The van der Waals surface area contributed by atoms with Gasteiger partial charge in [-0.2, -0.15) is 0 Å². The molecular formula is C30H38FN5O5. The number of likely N-dealkylation sites (N-methyl/N-ethyl adjacent to an activating group) is 1. The summed E-state index contributed by atoms with van der Waals surface area (Å²) in [5.41, 5.74) is 1.58. The summed E-state index contributed by atoms with van der Waals surface area (Å²) < 4.78 is 32.7. The summed E-state index contributed by atoms with van der Waals surface area (Å²) in [6.45, 7) is 3.68. The van der Waals surface area contributed by atoms with Crippen molar-refractivity contribution in [1.82, 2.24) is 19.4 Å². The zero-order valence-electron chi connectivity index (χ0n) is 25.9. The number of aromatic nitrogens is 2. The molecular weight excluding hydrogens is 529 g/mol. The number of nitrogens with zero attached hydrogens (tertiary/aromatic N) is 3. The maximum atomic E-state index is 14.2. The van der Waals surface area contributed by atoms with Gasteiger partial charge in [0.1, 0.15) is 11.5 Å². The fraction of sp³-hybridized carbons (Fsp3) is 0.400. The summed E-state index contributed by atoms with van der Waals surface area (Å²) in [4.78, 5) is 55.4. The number of H-pyrrole nitrogens is 1. The minimum absolute atomic E-state index is 0.0939. The molecule has 41 heavy (non-hydrogen) atoms. The van der Waals surface area contributed by atoms with E-state index >= 15 is 0 Å². The number of amides is 3. The summed E-state index contributed by atoms with van der Waals surface area (Å²) in [5, 5.41) is 12.5. The van der Waals surface area contributed by atoms with E-state index in [4.69, 9.17) is 2.74 Å². The Morgan fingerprint density at radius 3 is 2.61 bits per heavy atom. The van der Waals surface area contributed by atoms with Gasteiger partial charge in [0.2, 0.25) is 11.8 Å². The highest BCUT2D eigenvalue weighted by atomic mass is 19.1. The van der Waals surface area contributed by atoms with Gasteiger partial charge in [-0.3, -0.25) is 14.4 Å². The molecule has 3 amide bonds. The molecule has 0 bridgehead atoms. The molecule has 3 N–H and O–H groups in total. The van der Waals surface area contributed by atoms with Crippen LogP contribution in [0.3, 0.4) is 0 Å². The summed E-state index contributed by atoms with van der Waals surface area (Å²) >= 11 is 0. The molecule has 11 heteroatoms. The molecule has 0 aliphatic carbocycles. The third-order valence-corrected chi connectivity index (χ3v) is 6.36. The lowest BCUT2D eigenvalue weighted by Crippen LogP contribution is -2.37. The van der Waals surface area contributed by atoms with Crippen LogP contribution in [0.5, 0.6) is 0 Å². The number of benzene rings is 1. The van der Waals surface area contributed by atoms with Crippen molar-refractivity contribution < 1.29 is 26.6 Å². The highest BCUT2D eigenvalue weighted by Gasteiger charge is 2.23. The van der Waals surface area contributed by atoms with Gasteiger partial charge in [-0.15, -0.1) is 0 Å². The van der Waals surface area contributed by atoms with Gasteiger partial charge in [0, 0.05) is 53.2 Å². The maximum Gasteiger partial charge on any atom is 0.407 e. The number of anilines is 1. The molecule has 1 atom stereocenters. The summed E-state index contributed by atoms with van der Waals surface area (Å²) in [6, 6.07) is 7.61. The average molecular weight is 570 g/mol. The van der Waals surface area contributed by atoms with Crippen molar-refractivity contribution in [3.05, 3.63) is 76.1 Å². The standard InChI is InChI=1S/C30H38FN5O5/c1-19(2)13-21-14-23(31)15-22-16-24(32-27(21)22)18-36-12-8-10-25(29(36)39)33-28(38)20(17-35(5)30(40)41)9-6-7-11-26(37)34(3)4/h7-8,10-12,14-16,19-20,32H,6,9,13,17-18H2,1-5H3,(H,33,38)(H,40,41)/b11-7+/i9D2. The molecule has 220 valence electrons. The van der Waals surface area contributed by atoms with Crippen LogP contribution in [0.15, 0.2) is 53.5 Å². The fourth-order valence-electron chi connectivity index (χ4n) is 4.29. The van der Waals surface area contributed by atoms with Gasteiger partial charge in [-0.05, 0) is 67.1 Å². The number of fused-ring (bicyclic) bond motifs is 1. The minimum atomic E-state index is -2.27. The van der Waals surface area contributed by atoms with E-state index in [2.05, 4.69) is 10.3 Å². The van der Waals surface area contributed by atoms with E-state index in [1.54, 1.807) is 12.1 Å². The molecule has 3 rings (SSSR count). The Morgan fingerprint density at radius 1 is 1.22 bits per heavy atom. The Balaban J connectivity index is 1.87. The van der Waals surface area contributed by atoms with E-state index in [0.29, 0.717) is 23.4 Å². The maximum absolute atomic E-state index is 14.2. The Hall–Kier alpha value is -4.41. The molecule has 0 saturated carbocycles. The van der Waals surface area contributed by atoms with Gasteiger partial charge in [0.25, 0.3) is 5.56 Å². The highest BCUT2D eigenvalue weighted by Crippen LogP contribution is 2.24. The number of hydrogen-bond donors (Lipinski definition) is 3. The number of carbonyl (C=O) groups is 3. The number of rotatable bonds is 12. The zero-order chi connectivity index (χ0) is 32.1. The van der Waals surface area contributed by atoms with E-state index in [1.165, 1.54) is 67.2 Å². The van der Waals surface area contributed by atoms with Crippen LogP contribution in [0, 0.1) is 17.7 Å². The minimum Gasteiger partial charge on any atom is -0.465 e. The number of aromatic amines is 1. The molecule has 10 nitrogen and oxygen atoms in total. The monoisotopic (exact) mass is 569 g/mol. The Labute approximate surface area is 241 Å². The molecule has 1 aromatic carbocycles. The van der Waals surface area contributed by atoms with Crippen LogP contribution in [0.4, 0.5) is 14.9 Å². The number of allylic oxidation sites excluding steroid dienone is 1. The molecule has 1 unspecified atom stereocenters. The summed E-state index contributed by atoms with van der Waals surface area (Å²) in [7, 11) is 4.28. The normalized spacial score (nSPS) is 13.2. The predicted molar refractivity (Wildman–Crippen MR) is 156 cm³/mol. The van der Waals surface area contributed by atoms with Crippen molar-refractivity contribution in [3.63, 3.8) is 0 Å². The number of halogens is 1. The van der Waals surface area contributed by atoms with Crippen LogP contribution in [0.2, 0.25) is 0 Å². The van der Waals surface area contributed by atoms with Crippen LogP contribution >= 0.6 is 0 Å². The van der Waals surface area contributed by atoms with Crippen LogP contribution in [0.1, 0.15) is 40.6 Å². The van der Waals surface area contributed by atoms with Crippen molar-refractivity contribution >= 4 is 34.5 Å². The first-order valence-electron chi connectivity index (χ1n) is 14.2. The van der Waals surface area contributed by atoms with Gasteiger partial charge in [-0.1, -0.05) is 19.9 Å². The van der Waals surface area contributed by atoms with Gasteiger partial charge in [-0.25, -0.2) is 9.18 Å². The molecule has 0 radical (unpaired) electrons. The molecule has 0 aliphatic rings. The lowest BCUT2D eigenvalue weighted by molar-refractivity contribution is -0.123. The molecule has 0 aliphatic heterocycles. The highest BCUT2D eigenvalue weighted by molar-refractivity contribution is 5.93. The number of hydrogen-bond acceptors (Lipinski definition) is 4. The van der Waals surface area contributed by atoms with E-state index in [-0.39, 0.29) is 30.4 Å². The molecule has 0 fully saturated rings. The van der Waals surface area contributed by atoms with Gasteiger partial charge in [0.15, 0.2) is 0 Å². The second-order valence-corrected chi connectivity index (χ2v) is 10.5. The lowest BCUT2D eigenvalue weighted by Gasteiger charge is -2.21. The Bertz CT molecular complexity index is 1580. The van der Waals surface area contributed by atoms with Crippen molar-refractivity contribution in [2.75, 3.05) is 33.0 Å². The number of carbonyl (C=O) groups excluding carboxylic acids is 2. The van der Waals surface area contributed by atoms with Crippen LogP contribution in [0.25, 0.3) is 10.9 Å². The number of nitrogens with one attached hydrogen (secondary N) is 2. The number of carboxylic acid groups (broad SMARTS) is 1. The Kier molecular flexibility index (Phi) is 9.45. The van der Waals surface area contributed by atoms with E-state index in [0.717, 1.165) is 16.0 Å². The molecule has 2 heterocycles. The average Bonchev–Trinajstić information content (AvgIpc) is 3.31. The first-order chi connectivity index (χ1) is 20.1. The number of pyridine rings is 1. The smallest absolute Gasteiger partial charge is 0.407 e. The van der Waals surface area contributed by atoms with Crippen molar-refractivity contribution in [2.24, 2.45) is 11.8 Å². The largest absolute Gasteiger partial charge is 0.465 e. The molecule has 0 saturated heterocycles. The van der Waals surface area contributed by atoms with Crippen molar-refractivity contribution in [3.8, 4) is 0 Å². The van der Waals surface area contributed by atoms with E-state index < -0.39 is 36.4 Å². The van der Waals surface area contributed by atoms with Crippen molar-refractivity contribution in [2.45, 2.75) is 39.6 Å². The first-order valence-corrected chi connectivity index (χ1v) is 13.2. The first kappa shape index (κ1) is 28.1. The fourth-order valence-corrected chi connectivity index (χ4v) is 4.29. The van der Waals surface area contributed by atoms with Gasteiger partial charge >= 0.3 is 6.09 Å².